The highest BCUT2D eigenvalue weighted by molar-refractivity contribution is 8.06. The molecule has 1 aliphatic rings. The van der Waals surface area contributed by atoms with Gasteiger partial charge in [-0.3, -0.25) is 4.79 Å². The second-order valence-electron chi connectivity index (χ2n) is 5.29. The zero-order chi connectivity index (χ0) is 16.7. The van der Waals surface area contributed by atoms with Crippen LogP contribution in [0.15, 0.2) is 64.9 Å². The number of nitriles is 1. The van der Waals surface area contributed by atoms with E-state index in [4.69, 9.17) is 0 Å². The molecule has 1 fully saturated rings. The summed E-state index contributed by atoms with van der Waals surface area (Å²) < 4.78 is 0. The minimum Gasteiger partial charge on any atom is -0.331 e. The maximum atomic E-state index is 12.7. The van der Waals surface area contributed by atoms with E-state index in [0.29, 0.717) is 11.4 Å². The SMILES string of the molecule is C=C(/C=C(\C#N)C(=O)N1CCCC1c1ccccc1)S/C=C\C. The number of likely N-dealkylation sites (tertiary alicyclic amines) is 1. The molecule has 0 spiro atoms. The van der Waals surface area contributed by atoms with Crippen LogP contribution in [-0.4, -0.2) is 17.4 Å². The quantitative estimate of drug-likeness (QED) is 0.452. The molecule has 23 heavy (non-hydrogen) atoms. The number of nitrogens with zero attached hydrogens (tertiary/aromatic N) is 2. The Morgan fingerprint density at radius 3 is 2.83 bits per heavy atom. The van der Waals surface area contributed by atoms with Crippen LogP contribution < -0.4 is 0 Å². The lowest BCUT2D eigenvalue weighted by atomic mass is 10.0. The van der Waals surface area contributed by atoms with E-state index in [-0.39, 0.29) is 17.5 Å². The molecule has 0 bridgehead atoms. The van der Waals surface area contributed by atoms with Crippen LogP contribution in [-0.2, 0) is 4.79 Å². The number of thioether (sulfide) groups is 1. The van der Waals surface area contributed by atoms with Crippen LogP contribution in [0.25, 0.3) is 0 Å². The average Bonchev–Trinajstić information content (AvgIpc) is 3.07. The number of carbonyl (C=O) groups excluding carboxylic acids is 1. The normalized spacial score (nSPS) is 18.2. The molecule has 0 aromatic heterocycles. The Kier molecular flexibility index (Phi) is 6.25. The molecular weight excluding hydrogens is 304 g/mol. The van der Waals surface area contributed by atoms with Crippen molar-refractivity contribution in [3.05, 3.63) is 70.5 Å². The summed E-state index contributed by atoms with van der Waals surface area (Å²) in [6.45, 7) is 6.48. The standard InChI is InChI=1S/C19H20N2OS/c1-3-12-23-15(2)13-17(14-20)19(22)21-11-7-10-18(21)16-8-5-4-6-9-16/h3-6,8-9,12-13,18H,2,7,10-11H2,1H3/b12-3-,17-13+. The predicted octanol–water partition coefficient (Wildman–Crippen LogP) is 4.58. The van der Waals surface area contributed by atoms with Crippen LogP contribution in [0.5, 0.6) is 0 Å². The Hall–Kier alpha value is -2.25. The van der Waals surface area contributed by atoms with Crippen molar-refractivity contribution in [3.8, 4) is 6.07 Å². The van der Waals surface area contributed by atoms with Crippen LogP contribution in [0.2, 0.25) is 0 Å². The highest BCUT2D eigenvalue weighted by Crippen LogP contribution is 2.33. The van der Waals surface area contributed by atoms with Gasteiger partial charge in [0.05, 0.1) is 6.04 Å². The monoisotopic (exact) mass is 324 g/mol. The molecule has 3 nitrogen and oxygen atoms in total. The summed E-state index contributed by atoms with van der Waals surface area (Å²) in [5, 5.41) is 11.2. The van der Waals surface area contributed by atoms with Gasteiger partial charge in [0, 0.05) is 11.4 Å². The Morgan fingerprint density at radius 1 is 1.43 bits per heavy atom. The molecule has 1 aromatic carbocycles. The summed E-state index contributed by atoms with van der Waals surface area (Å²) in [6.07, 6.45) is 5.36. The van der Waals surface area contributed by atoms with Gasteiger partial charge in [0.2, 0.25) is 0 Å². The van der Waals surface area contributed by atoms with Crippen molar-refractivity contribution >= 4 is 17.7 Å². The molecule has 1 heterocycles. The van der Waals surface area contributed by atoms with Gasteiger partial charge in [0.1, 0.15) is 11.6 Å². The Labute approximate surface area is 142 Å². The molecule has 118 valence electrons. The van der Waals surface area contributed by atoms with Crippen molar-refractivity contribution in [2.75, 3.05) is 6.54 Å². The smallest absolute Gasteiger partial charge is 0.265 e. The molecule has 0 saturated carbocycles. The Balaban J connectivity index is 2.18. The van der Waals surface area contributed by atoms with E-state index in [9.17, 15) is 10.1 Å². The van der Waals surface area contributed by atoms with Crippen molar-refractivity contribution < 1.29 is 4.79 Å². The first kappa shape index (κ1) is 17.1. The molecule has 1 aliphatic heterocycles. The molecule has 2 rings (SSSR count). The molecule has 1 saturated heterocycles. The number of hydrogen-bond acceptors (Lipinski definition) is 3. The highest BCUT2D eigenvalue weighted by Gasteiger charge is 2.31. The van der Waals surface area contributed by atoms with Crippen molar-refractivity contribution in [3.63, 3.8) is 0 Å². The van der Waals surface area contributed by atoms with E-state index in [1.165, 1.54) is 11.8 Å². The van der Waals surface area contributed by atoms with Crippen molar-refractivity contribution in [1.82, 2.24) is 4.90 Å². The maximum Gasteiger partial charge on any atom is 0.265 e. The van der Waals surface area contributed by atoms with Gasteiger partial charge in [-0.2, -0.15) is 5.26 Å². The van der Waals surface area contributed by atoms with Gasteiger partial charge in [-0.25, -0.2) is 0 Å². The Morgan fingerprint density at radius 2 is 2.17 bits per heavy atom. The minimum atomic E-state index is -0.207. The summed E-state index contributed by atoms with van der Waals surface area (Å²) in [6, 6.07) is 12.1. The summed E-state index contributed by atoms with van der Waals surface area (Å²) >= 11 is 1.40. The highest BCUT2D eigenvalue weighted by atomic mass is 32.2. The number of hydrogen-bond donors (Lipinski definition) is 0. The van der Waals surface area contributed by atoms with Gasteiger partial charge in [-0.15, -0.1) is 0 Å². The lowest BCUT2D eigenvalue weighted by Gasteiger charge is -2.24. The lowest BCUT2D eigenvalue weighted by Crippen LogP contribution is -2.31. The fourth-order valence-electron chi connectivity index (χ4n) is 2.68. The van der Waals surface area contributed by atoms with E-state index in [1.807, 2.05) is 54.8 Å². The Bertz CT molecular complexity index is 670. The predicted molar refractivity (Wildman–Crippen MR) is 95.4 cm³/mol. The summed E-state index contributed by atoms with van der Waals surface area (Å²) in [5.74, 6) is -0.207. The lowest BCUT2D eigenvalue weighted by molar-refractivity contribution is -0.127. The molecule has 1 aromatic rings. The first-order valence-corrected chi connectivity index (χ1v) is 8.49. The third-order valence-corrected chi connectivity index (χ3v) is 4.54. The van der Waals surface area contributed by atoms with E-state index < -0.39 is 0 Å². The maximum absolute atomic E-state index is 12.7. The minimum absolute atomic E-state index is 0.0527. The van der Waals surface area contributed by atoms with Crippen LogP contribution in [0.3, 0.4) is 0 Å². The largest absolute Gasteiger partial charge is 0.331 e. The van der Waals surface area contributed by atoms with Gasteiger partial charge < -0.3 is 4.90 Å². The first-order valence-electron chi connectivity index (χ1n) is 7.61. The van der Waals surface area contributed by atoms with Crippen molar-refractivity contribution in [1.29, 1.82) is 5.26 Å². The summed E-state index contributed by atoms with van der Waals surface area (Å²) in [4.78, 5) is 15.2. The topological polar surface area (TPSA) is 44.1 Å². The second kappa shape index (κ2) is 8.40. The van der Waals surface area contributed by atoms with Crippen LogP contribution in [0.1, 0.15) is 31.4 Å². The number of allylic oxidation sites excluding steroid dienone is 2. The van der Waals surface area contributed by atoms with E-state index >= 15 is 0 Å². The summed E-state index contributed by atoms with van der Waals surface area (Å²) in [5.41, 5.74) is 1.27. The van der Waals surface area contributed by atoms with E-state index in [2.05, 4.69) is 6.58 Å². The zero-order valence-corrected chi connectivity index (χ0v) is 14.1. The van der Waals surface area contributed by atoms with Gasteiger partial charge in [0.15, 0.2) is 0 Å². The molecular formula is C19H20N2OS. The zero-order valence-electron chi connectivity index (χ0n) is 13.2. The fraction of sp³-hybridized carbons (Fsp3) is 0.263. The second-order valence-corrected chi connectivity index (χ2v) is 6.32. The number of rotatable bonds is 5. The van der Waals surface area contributed by atoms with Gasteiger partial charge in [-0.1, -0.05) is 54.7 Å². The first-order chi connectivity index (χ1) is 11.2. The third-order valence-electron chi connectivity index (χ3n) is 3.71. The van der Waals surface area contributed by atoms with E-state index in [0.717, 1.165) is 18.4 Å². The molecule has 0 aliphatic carbocycles. The van der Waals surface area contributed by atoms with Crippen LogP contribution in [0.4, 0.5) is 0 Å². The summed E-state index contributed by atoms with van der Waals surface area (Å²) in [7, 11) is 0. The van der Waals surface area contributed by atoms with Crippen LogP contribution >= 0.6 is 11.8 Å². The van der Waals surface area contributed by atoms with Crippen molar-refractivity contribution in [2.24, 2.45) is 0 Å². The number of carbonyl (C=O) groups is 1. The molecule has 0 N–H and O–H groups in total. The van der Waals surface area contributed by atoms with E-state index in [1.54, 1.807) is 11.0 Å². The number of benzene rings is 1. The molecule has 1 atom stereocenters. The number of amides is 1. The molecule has 4 heteroatoms. The van der Waals surface area contributed by atoms with Crippen molar-refractivity contribution in [2.45, 2.75) is 25.8 Å². The van der Waals surface area contributed by atoms with Gasteiger partial charge in [0.25, 0.3) is 5.91 Å². The fourth-order valence-corrected chi connectivity index (χ4v) is 3.18. The van der Waals surface area contributed by atoms with Gasteiger partial charge in [-0.05, 0) is 36.8 Å². The third kappa shape index (κ3) is 4.37. The molecule has 1 amide bonds. The van der Waals surface area contributed by atoms with Gasteiger partial charge >= 0.3 is 0 Å². The molecule has 0 radical (unpaired) electrons. The van der Waals surface area contributed by atoms with Crippen LogP contribution in [0, 0.1) is 11.3 Å². The molecule has 1 unspecified atom stereocenters. The average molecular weight is 324 g/mol.